The average molecular weight is 268 g/mol. The van der Waals surface area contributed by atoms with E-state index in [4.69, 9.17) is 10.00 Å². The van der Waals surface area contributed by atoms with Crippen molar-refractivity contribution in [3.8, 4) is 11.8 Å². The summed E-state index contributed by atoms with van der Waals surface area (Å²) in [5.41, 5.74) is 2.49. The summed E-state index contributed by atoms with van der Waals surface area (Å²) in [6, 6.07) is 11.6. The highest BCUT2D eigenvalue weighted by Crippen LogP contribution is 2.19. The molecule has 0 aliphatic rings. The number of nitriles is 1. The van der Waals surface area contributed by atoms with Gasteiger partial charge in [0.2, 0.25) is 0 Å². The molecule has 102 valence electrons. The zero-order chi connectivity index (χ0) is 14.5. The van der Waals surface area contributed by atoms with Crippen molar-refractivity contribution >= 4 is 0 Å². The van der Waals surface area contributed by atoms with Crippen LogP contribution >= 0.6 is 0 Å². The minimum Gasteiger partial charge on any atom is -0.496 e. The summed E-state index contributed by atoms with van der Waals surface area (Å²) >= 11 is 0. The second-order valence-corrected chi connectivity index (χ2v) is 4.61. The average Bonchev–Trinajstić information content (AvgIpc) is 2.45. The molecule has 1 aromatic carbocycles. The van der Waals surface area contributed by atoms with Gasteiger partial charge in [-0.25, -0.2) is 0 Å². The van der Waals surface area contributed by atoms with E-state index in [1.165, 1.54) is 0 Å². The van der Waals surface area contributed by atoms with E-state index in [-0.39, 0.29) is 11.1 Å². The highest BCUT2D eigenvalue weighted by atomic mass is 16.5. The lowest BCUT2D eigenvalue weighted by atomic mass is 10.0. The molecule has 0 saturated carbocycles. The molecule has 20 heavy (non-hydrogen) atoms. The molecule has 4 nitrogen and oxygen atoms in total. The maximum Gasteiger partial charge on any atom is 0.266 e. The Morgan fingerprint density at radius 3 is 2.65 bits per heavy atom. The number of hydrogen-bond acceptors (Lipinski definition) is 3. The SMILES string of the molecule is COc1ccccc1CCc1cc(C)[nH]c(=O)c1C#N. The monoisotopic (exact) mass is 268 g/mol. The zero-order valence-corrected chi connectivity index (χ0v) is 11.6. The van der Waals surface area contributed by atoms with E-state index in [0.717, 1.165) is 29.0 Å². The molecule has 0 unspecified atom stereocenters. The number of ether oxygens (including phenoxy) is 1. The van der Waals surface area contributed by atoms with Gasteiger partial charge in [-0.05, 0) is 43.0 Å². The number of pyridine rings is 1. The van der Waals surface area contributed by atoms with Gasteiger partial charge in [0.05, 0.1) is 7.11 Å². The van der Waals surface area contributed by atoms with Gasteiger partial charge in [-0.3, -0.25) is 4.79 Å². The third-order valence-corrected chi connectivity index (χ3v) is 3.22. The van der Waals surface area contributed by atoms with Crippen molar-refractivity contribution < 1.29 is 4.74 Å². The molecule has 2 rings (SSSR count). The van der Waals surface area contributed by atoms with Gasteiger partial charge in [-0.15, -0.1) is 0 Å². The minimum absolute atomic E-state index is 0.200. The van der Waals surface area contributed by atoms with Crippen LogP contribution in [0.2, 0.25) is 0 Å². The van der Waals surface area contributed by atoms with Gasteiger partial charge < -0.3 is 9.72 Å². The van der Waals surface area contributed by atoms with Crippen LogP contribution in [-0.4, -0.2) is 12.1 Å². The van der Waals surface area contributed by atoms with Gasteiger partial charge in [-0.1, -0.05) is 18.2 Å². The Bertz CT molecular complexity index is 711. The second-order valence-electron chi connectivity index (χ2n) is 4.61. The van der Waals surface area contributed by atoms with E-state index in [1.54, 1.807) is 7.11 Å². The minimum atomic E-state index is -0.317. The summed E-state index contributed by atoms with van der Waals surface area (Å²) in [5, 5.41) is 9.09. The molecule has 1 N–H and O–H groups in total. The maximum absolute atomic E-state index is 11.7. The molecule has 4 heteroatoms. The molecule has 2 aromatic rings. The molecular weight excluding hydrogens is 252 g/mol. The first-order chi connectivity index (χ1) is 9.65. The molecular formula is C16H16N2O2. The quantitative estimate of drug-likeness (QED) is 0.925. The summed E-state index contributed by atoms with van der Waals surface area (Å²) in [4.78, 5) is 14.4. The van der Waals surface area contributed by atoms with Crippen molar-refractivity contribution in [3.63, 3.8) is 0 Å². The summed E-state index contributed by atoms with van der Waals surface area (Å²) < 4.78 is 5.30. The smallest absolute Gasteiger partial charge is 0.266 e. The van der Waals surface area contributed by atoms with Crippen molar-refractivity contribution in [1.82, 2.24) is 4.98 Å². The van der Waals surface area contributed by atoms with E-state index < -0.39 is 0 Å². The molecule has 1 heterocycles. The van der Waals surface area contributed by atoms with Crippen LogP contribution in [0.5, 0.6) is 5.75 Å². The first-order valence-corrected chi connectivity index (χ1v) is 6.40. The third kappa shape index (κ3) is 2.89. The van der Waals surface area contributed by atoms with Gasteiger partial charge in [0.15, 0.2) is 0 Å². The molecule has 1 aromatic heterocycles. The summed E-state index contributed by atoms with van der Waals surface area (Å²) in [6.07, 6.45) is 1.36. The van der Waals surface area contributed by atoms with Crippen LogP contribution in [0.4, 0.5) is 0 Å². The summed E-state index contributed by atoms with van der Waals surface area (Å²) in [7, 11) is 1.64. The standard InChI is InChI=1S/C16H16N2O2/c1-11-9-13(14(10-17)16(19)18-11)8-7-12-5-3-4-6-15(12)20-2/h3-6,9H,7-8H2,1-2H3,(H,18,19). The number of H-pyrrole nitrogens is 1. The van der Waals surface area contributed by atoms with Crippen LogP contribution in [0.3, 0.4) is 0 Å². The first kappa shape index (κ1) is 13.9. The van der Waals surface area contributed by atoms with Crippen LogP contribution in [-0.2, 0) is 12.8 Å². The lowest BCUT2D eigenvalue weighted by molar-refractivity contribution is 0.409. The number of para-hydroxylation sites is 1. The van der Waals surface area contributed by atoms with Crippen LogP contribution in [0.25, 0.3) is 0 Å². The molecule has 0 atom stereocenters. The lowest BCUT2D eigenvalue weighted by Crippen LogP contribution is -2.15. The van der Waals surface area contributed by atoms with E-state index >= 15 is 0 Å². The summed E-state index contributed by atoms with van der Waals surface area (Å²) in [6.45, 7) is 1.81. The number of nitrogens with one attached hydrogen (secondary N) is 1. The molecule has 0 saturated heterocycles. The number of benzene rings is 1. The van der Waals surface area contributed by atoms with Crippen LogP contribution in [0, 0.1) is 18.3 Å². The lowest BCUT2D eigenvalue weighted by Gasteiger charge is -2.09. The number of methoxy groups -OCH3 is 1. The Kier molecular flexibility index (Phi) is 4.21. The largest absolute Gasteiger partial charge is 0.496 e. The molecule has 0 spiro atoms. The van der Waals surface area contributed by atoms with Gasteiger partial charge >= 0.3 is 0 Å². The molecule has 0 amide bonds. The number of aryl methyl sites for hydroxylation is 3. The Labute approximate surface area is 117 Å². The van der Waals surface area contributed by atoms with Crippen molar-refractivity contribution in [2.24, 2.45) is 0 Å². The number of aromatic amines is 1. The molecule has 0 aliphatic carbocycles. The number of aromatic nitrogens is 1. The van der Waals surface area contributed by atoms with Gasteiger partial charge in [0.1, 0.15) is 17.4 Å². The van der Waals surface area contributed by atoms with Crippen molar-refractivity contribution in [2.75, 3.05) is 7.11 Å². The first-order valence-electron chi connectivity index (χ1n) is 6.40. The van der Waals surface area contributed by atoms with E-state index in [9.17, 15) is 4.79 Å². The van der Waals surface area contributed by atoms with E-state index in [0.29, 0.717) is 6.42 Å². The zero-order valence-electron chi connectivity index (χ0n) is 11.6. The number of hydrogen-bond donors (Lipinski definition) is 1. The van der Waals surface area contributed by atoms with Crippen LogP contribution < -0.4 is 10.3 Å². The van der Waals surface area contributed by atoms with Crippen molar-refractivity contribution in [2.45, 2.75) is 19.8 Å². The van der Waals surface area contributed by atoms with E-state index in [2.05, 4.69) is 4.98 Å². The topological polar surface area (TPSA) is 65.9 Å². The third-order valence-electron chi connectivity index (χ3n) is 3.22. The Hall–Kier alpha value is -2.54. The molecule has 0 aliphatic heterocycles. The Morgan fingerprint density at radius 2 is 1.95 bits per heavy atom. The van der Waals surface area contributed by atoms with Gasteiger partial charge in [0.25, 0.3) is 5.56 Å². The molecule has 0 fully saturated rings. The molecule has 0 radical (unpaired) electrons. The highest BCUT2D eigenvalue weighted by Gasteiger charge is 2.09. The highest BCUT2D eigenvalue weighted by molar-refractivity contribution is 5.39. The van der Waals surface area contributed by atoms with E-state index in [1.807, 2.05) is 43.3 Å². The number of nitrogens with zero attached hydrogens (tertiary/aromatic N) is 1. The van der Waals surface area contributed by atoms with Crippen LogP contribution in [0.1, 0.15) is 22.4 Å². The van der Waals surface area contributed by atoms with Crippen LogP contribution in [0.15, 0.2) is 35.1 Å². The maximum atomic E-state index is 11.7. The predicted octanol–water partition coefficient (Wildman–Crippen LogP) is 2.35. The summed E-state index contributed by atoms with van der Waals surface area (Å²) in [5.74, 6) is 0.826. The fourth-order valence-corrected chi connectivity index (χ4v) is 2.26. The fourth-order valence-electron chi connectivity index (χ4n) is 2.26. The fraction of sp³-hybridized carbons (Fsp3) is 0.250. The number of rotatable bonds is 4. The Balaban J connectivity index is 2.28. The van der Waals surface area contributed by atoms with Gasteiger partial charge in [0, 0.05) is 5.69 Å². The second kappa shape index (κ2) is 6.07. The van der Waals surface area contributed by atoms with Crippen molar-refractivity contribution in [3.05, 3.63) is 63.1 Å². The van der Waals surface area contributed by atoms with Gasteiger partial charge in [-0.2, -0.15) is 5.26 Å². The molecule has 0 bridgehead atoms. The normalized spacial score (nSPS) is 10.1. The van der Waals surface area contributed by atoms with Crippen molar-refractivity contribution in [1.29, 1.82) is 5.26 Å². The predicted molar refractivity (Wildman–Crippen MR) is 76.9 cm³/mol. The Morgan fingerprint density at radius 1 is 1.25 bits per heavy atom.